The fraction of sp³-hybridized carbons (Fsp3) is 0.952. The van der Waals surface area contributed by atoms with Crippen LogP contribution in [0.1, 0.15) is 32.6 Å². The highest BCUT2D eigenvalue weighted by Crippen LogP contribution is 2.21. The third kappa shape index (κ3) is 6.87. The Hall–Kier alpha value is -0.890. The van der Waals surface area contributed by atoms with Crippen LogP contribution in [0.4, 0.5) is 0 Å². The van der Waals surface area contributed by atoms with Crippen molar-refractivity contribution in [2.75, 3.05) is 79.3 Å². The van der Waals surface area contributed by atoms with Crippen molar-refractivity contribution in [2.45, 2.75) is 38.6 Å². The van der Waals surface area contributed by atoms with Gasteiger partial charge in [-0.05, 0) is 51.2 Å². The summed E-state index contributed by atoms with van der Waals surface area (Å²) in [5, 5.41) is 7.08. The number of guanidine groups is 1. The Kier molecular flexibility index (Phi) is 9.31. The lowest BCUT2D eigenvalue weighted by Crippen LogP contribution is -2.53. The van der Waals surface area contributed by atoms with Crippen LogP contribution in [-0.2, 0) is 9.47 Å². The molecule has 28 heavy (non-hydrogen) atoms. The van der Waals surface area contributed by atoms with Crippen LogP contribution in [0, 0.1) is 11.8 Å². The summed E-state index contributed by atoms with van der Waals surface area (Å²) in [6, 6.07) is 0.486. The van der Waals surface area contributed by atoms with Crippen LogP contribution in [0.2, 0.25) is 0 Å². The van der Waals surface area contributed by atoms with Gasteiger partial charge in [0.1, 0.15) is 0 Å². The van der Waals surface area contributed by atoms with E-state index < -0.39 is 0 Å². The Morgan fingerprint density at radius 1 is 1.04 bits per heavy atom. The molecule has 0 spiro atoms. The average molecular weight is 396 g/mol. The minimum atomic E-state index is 0.486. The molecule has 2 N–H and O–H groups in total. The van der Waals surface area contributed by atoms with E-state index in [2.05, 4.69) is 32.3 Å². The highest BCUT2D eigenvalue weighted by molar-refractivity contribution is 5.79. The summed E-state index contributed by atoms with van der Waals surface area (Å²) in [5.41, 5.74) is 0. The Bertz CT molecular complexity index is 456. The van der Waals surface area contributed by atoms with E-state index in [4.69, 9.17) is 9.47 Å². The van der Waals surface area contributed by atoms with E-state index in [1.54, 1.807) is 0 Å². The first-order chi connectivity index (χ1) is 13.8. The molecule has 2 atom stereocenters. The summed E-state index contributed by atoms with van der Waals surface area (Å²) >= 11 is 0. The predicted octanol–water partition coefficient (Wildman–Crippen LogP) is 1.01. The summed E-state index contributed by atoms with van der Waals surface area (Å²) in [7, 11) is 1.86. The first-order valence-electron chi connectivity index (χ1n) is 11.3. The van der Waals surface area contributed by atoms with Crippen LogP contribution >= 0.6 is 0 Å². The number of hydrogen-bond donors (Lipinski definition) is 2. The quantitative estimate of drug-likeness (QED) is 0.363. The zero-order valence-electron chi connectivity index (χ0n) is 18.0. The second kappa shape index (κ2) is 12.0. The number of ether oxygens (including phenoxy) is 2. The van der Waals surface area contributed by atoms with Crippen molar-refractivity contribution in [3.8, 4) is 0 Å². The molecular weight excluding hydrogens is 354 g/mol. The van der Waals surface area contributed by atoms with Gasteiger partial charge in [0.15, 0.2) is 5.96 Å². The van der Waals surface area contributed by atoms with Gasteiger partial charge in [-0.15, -0.1) is 0 Å². The first kappa shape index (κ1) is 21.8. The average Bonchev–Trinajstić information content (AvgIpc) is 3.26. The molecule has 7 heteroatoms. The van der Waals surface area contributed by atoms with Gasteiger partial charge in [-0.3, -0.25) is 9.89 Å². The van der Waals surface area contributed by atoms with Crippen molar-refractivity contribution in [2.24, 2.45) is 16.8 Å². The molecule has 7 nitrogen and oxygen atoms in total. The lowest BCUT2D eigenvalue weighted by Gasteiger charge is -2.37. The maximum absolute atomic E-state index is 5.67. The fourth-order valence-electron chi connectivity index (χ4n) is 4.58. The molecule has 0 aromatic rings. The van der Waals surface area contributed by atoms with Gasteiger partial charge in [-0.2, -0.15) is 0 Å². The van der Waals surface area contributed by atoms with E-state index in [9.17, 15) is 0 Å². The van der Waals surface area contributed by atoms with Crippen molar-refractivity contribution in [3.63, 3.8) is 0 Å². The van der Waals surface area contributed by atoms with Crippen LogP contribution in [-0.4, -0.2) is 101 Å². The Labute approximate surface area is 171 Å². The zero-order valence-corrected chi connectivity index (χ0v) is 18.0. The molecule has 0 saturated carbocycles. The predicted molar refractivity (Wildman–Crippen MR) is 114 cm³/mol. The van der Waals surface area contributed by atoms with Crippen molar-refractivity contribution in [3.05, 3.63) is 0 Å². The maximum Gasteiger partial charge on any atom is 0.191 e. The minimum Gasteiger partial charge on any atom is -0.381 e. The van der Waals surface area contributed by atoms with E-state index >= 15 is 0 Å². The number of nitrogens with one attached hydrogen (secondary N) is 2. The Morgan fingerprint density at radius 3 is 2.50 bits per heavy atom. The third-order valence-corrected chi connectivity index (χ3v) is 6.55. The van der Waals surface area contributed by atoms with Crippen molar-refractivity contribution < 1.29 is 9.47 Å². The molecule has 0 bridgehead atoms. The number of aliphatic imine (C=N–C) groups is 1. The van der Waals surface area contributed by atoms with Crippen molar-refractivity contribution in [1.29, 1.82) is 0 Å². The molecule has 0 aromatic heterocycles. The molecule has 3 saturated heterocycles. The van der Waals surface area contributed by atoms with E-state index in [-0.39, 0.29) is 0 Å². The van der Waals surface area contributed by atoms with Crippen LogP contribution in [0.3, 0.4) is 0 Å². The van der Waals surface area contributed by atoms with Gasteiger partial charge >= 0.3 is 0 Å². The Morgan fingerprint density at radius 2 is 1.82 bits per heavy atom. The van der Waals surface area contributed by atoms with E-state index in [0.717, 1.165) is 70.9 Å². The zero-order chi connectivity index (χ0) is 19.6. The first-order valence-corrected chi connectivity index (χ1v) is 11.3. The number of piperidine rings is 1. The molecule has 3 rings (SSSR count). The highest BCUT2D eigenvalue weighted by Gasteiger charge is 2.31. The standard InChI is InChI=1S/C21H41N5O2/c1-18-4-9-25(10-5-18)8-3-7-23-21(22-2)24-16-20(19-6-13-28-17-19)26-11-14-27-15-12-26/h18-20H,3-17H2,1-2H3,(H2,22,23,24). The van der Waals surface area contributed by atoms with Gasteiger partial charge in [0.25, 0.3) is 0 Å². The smallest absolute Gasteiger partial charge is 0.191 e. The molecule has 0 aromatic carbocycles. The van der Waals surface area contributed by atoms with Gasteiger partial charge in [0.05, 0.1) is 19.8 Å². The number of hydrogen-bond acceptors (Lipinski definition) is 5. The topological polar surface area (TPSA) is 61.4 Å². The Balaban J connectivity index is 1.37. The second-order valence-electron chi connectivity index (χ2n) is 8.60. The molecular formula is C21H41N5O2. The number of morpholine rings is 1. The maximum atomic E-state index is 5.67. The monoisotopic (exact) mass is 395 g/mol. The molecule has 0 aliphatic carbocycles. The summed E-state index contributed by atoms with van der Waals surface area (Å²) < 4.78 is 11.2. The van der Waals surface area contributed by atoms with E-state index in [1.807, 2.05) is 7.05 Å². The van der Waals surface area contributed by atoms with Gasteiger partial charge in [0.2, 0.25) is 0 Å². The molecule has 2 unspecified atom stereocenters. The van der Waals surface area contributed by atoms with Crippen LogP contribution in [0.15, 0.2) is 4.99 Å². The summed E-state index contributed by atoms with van der Waals surface area (Å²) in [4.78, 5) is 9.61. The summed E-state index contributed by atoms with van der Waals surface area (Å²) in [6.07, 6.45) is 5.03. The molecule has 3 aliphatic rings. The minimum absolute atomic E-state index is 0.486. The fourth-order valence-corrected chi connectivity index (χ4v) is 4.58. The molecule has 0 amide bonds. The summed E-state index contributed by atoms with van der Waals surface area (Å²) in [6.45, 7) is 13.5. The van der Waals surface area contributed by atoms with Gasteiger partial charge in [-0.1, -0.05) is 6.92 Å². The van der Waals surface area contributed by atoms with Crippen molar-refractivity contribution >= 4 is 5.96 Å². The highest BCUT2D eigenvalue weighted by atomic mass is 16.5. The van der Waals surface area contributed by atoms with Crippen molar-refractivity contribution in [1.82, 2.24) is 20.4 Å². The SMILES string of the molecule is CN=C(NCCCN1CCC(C)CC1)NCC(C1CCOC1)N1CCOCC1. The molecule has 0 radical (unpaired) electrons. The van der Waals surface area contributed by atoms with Gasteiger partial charge < -0.3 is 25.0 Å². The van der Waals surface area contributed by atoms with Crippen LogP contribution < -0.4 is 10.6 Å². The molecule has 3 fully saturated rings. The largest absolute Gasteiger partial charge is 0.381 e. The second-order valence-corrected chi connectivity index (χ2v) is 8.60. The summed E-state index contributed by atoms with van der Waals surface area (Å²) in [5.74, 6) is 2.43. The van der Waals surface area contributed by atoms with E-state index in [0.29, 0.717) is 12.0 Å². The number of likely N-dealkylation sites (tertiary alicyclic amines) is 1. The molecule has 3 heterocycles. The van der Waals surface area contributed by atoms with Gasteiger partial charge in [-0.25, -0.2) is 0 Å². The van der Waals surface area contributed by atoms with E-state index in [1.165, 1.54) is 38.9 Å². The van der Waals surface area contributed by atoms with Crippen LogP contribution in [0.5, 0.6) is 0 Å². The molecule has 3 aliphatic heterocycles. The van der Waals surface area contributed by atoms with Gasteiger partial charge in [0, 0.05) is 51.8 Å². The number of nitrogens with zero attached hydrogens (tertiary/aromatic N) is 3. The normalized spacial score (nSPS) is 27.1. The third-order valence-electron chi connectivity index (χ3n) is 6.55. The lowest BCUT2D eigenvalue weighted by atomic mass is 9.97. The number of rotatable bonds is 8. The lowest BCUT2D eigenvalue weighted by molar-refractivity contribution is 0.00246. The molecule has 162 valence electrons. The van der Waals surface area contributed by atoms with Crippen LogP contribution in [0.25, 0.3) is 0 Å².